The van der Waals surface area contributed by atoms with E-state index in [2.05, 4.69) is 156 Å². The van der Waals surface area contributed by atoms with Crippen LogP contribution in [0.1, 0.15) is 0 Å². The van der Waals surface area contributed by atoms with Crippen molar-refractivity contribution < 1.29 is 8.83 Å². The number of fused-ring (bicyclic) bond motifs is 11. The summed E-state index contributed by atoms with van der Waals surface area (Å²) in [7, 11) is 0. The molecular formula is C50H29N3O2. The Morgan fingerprint density at radius 2 is 1.00 bits per heavy atom. The van der Waals surface area contributed by atoms with Crippen LogP contribution in [0.25, 0.3) is 116 Å². The van der Waals surface area contributed by atoms with Gasteiger partial charge in [0.15, 0.2) is 11.4 Å². The van der Waals surface area contributed by atoms with E-state index in [1.807, 2.05) is 24.3 Å². The molecule has 55 heavy (non-hydrogen) atoms. The van der Waals surface area contributed by atoms with Gasteiger partial charge in [-0.2, -0.15) is 0 Å². The second-order valence-electron chi connectivity index (χ2n) is 14.1. The van der Waals surface area contributed by atoms with Gasteiger partial charge in [0.2, 0.25) is 0 Å². The fourth-order valence-corrected chi connectivity index (χ4v) is 8.51. The van der Waals surface area contributed by atoms with E-state index < -0.39 is 0 Å². The summed E-state index contributed by atoms with van der Waals surface area (Å²) in [6.07, 6.45) is 0. The minimum absolute atomic E-state index is 0.616. The number of nitrogens with zero attached hydrogens (tertiary/aromatic N) is 3. The average Bonchev–Trinajstić information content (AvgIpc) is 3.93. The van der Waals surface area contributed by atoms with E-state index in [-0.39, 0.29) is 0 Å². The zero-order valence-electron chi connectivity index (χ0n) is 29.4. The summed E-state index contributed by atoms with van der Waals surface area (Å²) < 4.78 is 15.5. The van der Waals surface area contributed by atoms with Crippen LogP contribution in [0, 0.1) is 0 Å². The lowest BCUT2D eigenvalue weighted by Crippen LogP contribution is -1.95. The van der Waals surface area contributed by atoms with Crippen molar-refractivity contribution in [3.8, 4) is 39.5 Å². The number of rotatable bonds is 4. The predicted molar refractivity (Wildman–Crippen MR) is 225 cm³/mol. The molecule has 0 fully saturated rings. The molecule has 0 saturated carbocycles. The van der Waals surface area contributed by atoms with Gasteiger partial charge in [0.1, 0.15) is 28.0 Å². The molecule has 5 heteroatoms. The van der Waals surface area contributed by atoms with Crippen molar-refractivity contribution in [2.75, 3.05) is 0 Å². The van der Waals surface area contributed by atoms with Crippen molar-refractivity contribution in [1.29, 1.82) is 0 Å². The molecule has 4 heterocycles. The van der Waals surface area contributed by atoms with Crippen molar-refractivity contribution in [1.82, 2.24) is 14.5 Å². The lowest BCUT2D eigenvalue weighted by Gasteiger charge is -2.10. The van der Waals surface area contributed by atoms with Gasteiger partial charge in [-0.1, -0.05) is 127 Å². The Morgan fingerprint density at radius 1 is 0.400 bits per heavy atom. The molecule has 0 radical (unpaired) electrons. The SMILES string of the molecule is c1ccc(-c2ccc(-c3nc(-c4cc5oc6ccc(-n7c8ccccc8c8ccccc87)cc6c5c5ccccc45)nc4c3oc3ccccc34)cc2)cc1. The Morgan fingerprint density at radius 3 is 1.76 bits per heavy atom. The lowest BCUT2D eigenvalue weighted by atomic mass is 9.98. The fraction of sp³-hybridized carbons (Fsp3) is 0. The first-order chi connectivity index (χ1) is 27.3. The zero-order valence-corrected chi connectivity index (χ0v) is 29.4. The number of para-hydroxylation sites is 3. The van der Waals surface area contributed by atoms with Crippen LogP contribution in [0.3, 0.4) is 0 Å². The van der Waals surface area contributed by atoms with E-state index in [1.54, 1.807) is 0 Å². The Kier molecular flexibility index (Phi) is 6.27. The summed E-state index contributed by atoms with van der Waals surface area (Å²) in [5.41, 5.74) is 12.2. The Balaban J connectivity index is 1.09. The molecular weight excluding hydrogens is 675 g/mol. The van der Waals surface area contributed by atoms with Crippen LogP contribution < -0.4 is 0 Å². The Labute approximate surface area is 314 Å². The molecule has 0 saturated heterocycles. The van der Waals surface area contributed by atoms with Gasteiger partial charge in [-0.25, -0.2) is 9.97 Å². The maximum absolute atomic E-state index is 6.70. The van der Waals surface area contributed by atoms with E-state index in [9.17, 15) is 0 Å². The number of hydrogen-bond donors (Lipinski definition) is 0. The Hall–Kier alpha value is -7.50. The predicted octanol–water partition coefficient (Wildman–Crippen LogP) is 13.5. The first-order valence-electron chi connectivity index (χ1n) is 18.5. The molecule has 256 valence electrons. The zero-order chi connectivity index (χ0) is 36.0. The number of benzene rings is 8. The molecule has 0 amide bonds. The van der Waals surface area contributed by atoms with Crippen molar-refractivity contribution in [2.45, 2.75) is 0 Å². The van der Waals surface area contributed by atoms with Gasteiger partial charge < -0.3 is 13.4 Å². The smallest absolute Gasteiger partial charge is 0.180 e. The highest BCUT2D eigenvalue weighted by atomic mass is 16.3. The van der Waals surface area contributed by atoms with Crippen molar-refractivity contribution in [2.24, 2.45) is 0 Å². The first kappa shape index (κ1) is 30.0. The molecule has 8 aromatic carbocycles. The van der Waals surface area contributed by atoms with Crippen LogP contribution in [-0.4, -0.2) is 14.5 Å². The number of hydrogen-bond acceptors (Lipinski definition) is 4. The third kappa shape index (κ3) is 4.47. The topological polar surface area (TPSA) is 57.0 Å². The van der Waals surface area contributed by atoms with Gasteiger partial charge in [0.05, 0.1) is 11.0 Å². The molecule has 0 bridgehead atoms. The van der Waals surface area contributed by atoms with Gasteiger partial charge in [-0.15, -0.1) is 0 Å². The third-order valence-corrected chi connectivity index (χ3v) is 11.0. The minimum Gasteiger partial charge on any atom is -0.456 e. The van der Waals surface area contributed by atoms with E-state index in [0.717, 1.165) is 77.3 Å². The van der Waals surface area contributed by atoms with Crippen molar-refractivity contribution >= 4 is 76.6 Å². The average molecular weight is 704 g/mol. The lowest BCUT2D eigenvalue weighted by molar-refractivity contribution is 0.667. The highest BCUT2D eigenvalue weighted by Gasteiger charge is 2.22. The summed E-state index contributed by atoms with van der Waals surface area (Å²) in [4.78, 5) is 10.6. The Bertz CT molecular complexity index is 3430. The fourth-order valence-electron chi connectivity index (χ4n) is 8.51. The van der Waals surface area contributed by atoms with E-state index in [4.69, 9.17) is 18.8 Å². The molecule has 4 aromatic heterocycles. The van der Waals surface area contributed by atoms with Crippen LogP contribution in [0.5, 0.6) is 0 Å². The van der Waals surface area contributed by atoms with Gasteiger partial charge in [-0.05, 0) is 70.4 Å². The van der Waals surface area contributed by atoms with Crippen molar-refractivity contribution in [3.63, 3.8) is 0 Å². The highest BCUT2D eigenvalue weighted by molar-refractivity contribution is 6.22. The van der Waals surface area contributed by atoms with Gasteiger partial charge in [0, 0.05) is 43.7 Å². The molecule has 0 N–H and O–H groups in total. The molecule has 0 aliphatic carbocycles. The minimum atomic E-state index is 0.616. The number of furan rings is 2. The molecule has 0 atom stereocenters. The summed E-state index contributed by atoms with van der Waals surface area (Å²) in [5, 5.41) is 7.70. The van der Waals surface area contributed by atoms with Gasteiger partial charge in [0.25, 0.3) is 0 Å². The summed E-state index contributed by atoms with van der Waals surface area (Å²) in [5.74, 6) is 0.616. The maximum atomic E-state index is 6.70. The van der Waals surface area contributed by atoms with Gasteiger partial charge in [-0.3, -0.25) is 0 Å². The van der Waals surface area contributed by atoms with Crippen LogP contribution in [0.2, 0.25) is 0 Å². The molecule has 0 unspecified atom stereocenters. The van der Waals surface area contributed by atoms with Crippen LogP contribution >= 0.6 is 0 Å². The molecule has 0 aliphatic heterocycles. The van der Waals surface area contributed by atoms with E-state index in [1.165, 1.54) is 27.4 Å². The molecule has 12 aromatic rings. The summed E-state index contributed by atoms with van der Waals surface area (Å²) in [6.45, 7) is 0. The molecule has 0 aliphatic rings. The second kappa shape index (κ2) is 11.5. The number of aromatic nitrogens is 3. The molecule has 12 rings (SSSR count). The van der Waals surface area contributed by atoms with E-state index >= 15 is 0 Å². The first-order valence-corrected chi connectivity index (χ1v) is 18.5. The molecule has 0 spiro atoms. The highest BCUT2D eigenvalue weighted by Crippen LogP contribution is 2.43. The monoisotopic (exact) mass is 703 g/mol. The summed E-state index contributed by atoms with van der Waals surface area (Å²) in [6, 6.07) is 61.4. The van der Waals surface area contributed by atoms with Crippen LogP contribution in [-0.2, 0) is 0 Å². The van der Waals surface area contributed by atoms with Crippen molar-refractivity contribution in [3.05, 3.63) is 176 Å². The normalized spacial score (nSPS) is 12.0. The van der Waals surface area contributed by atoms with Gasteiger partial charge >= 0.3 is 0 Å². The molecule has 5 nitrogen and oxygen atoms in total. The van der Waals surface area contributed by atoms with Crippen LogP contribution in [0.4, 0.5) is 0 Å². The third-order valence-electron chi connectivity index (χ3n) is 11.0. The van der Waals surface area contributed by atoms with E-state index in [0.29, 0.717) is 11.4 Å². The largest absolute Gasteiger partial charge is 0.456 e. The standard InChI is InChI=1S/C50H29N3O2/c1-2-12-30(13-3-1)31-22-24-32(25-23-31)47-49-48(38-18-8-11-21-43(38)55-49)52-50(51-47)39-29-45-46(37-17-5-4-14-34(37)39)40-28-33(26-27-44(40)54-45)53-41-19-9-6-15-35(41)36-16-7-10-20-42(36)53/h1-29H. The van der Waals surface area contributed by atoms with Crippen LogP contribution in [0.15, 0.2) is 185 Å². The quantitative estimate of drug-likeness (QED) is 0.183. The second-order valence-corrected chi connectivity index (χ2v) is 14.1. The summed E-state index contributed by atoms with van der Waals surface area (Å²) >= 11 is 0. The maximum Gasteiger partial charge on any atom is 0.180 e.